The Balaban J connectivity index is 1.69. The van der Waals surface area contributed by atoms with E-state index in [9.17, 15) is 13.2 Å². The third kappa shape index (κ3) is 6.34. The summed E-state index contributed by atoms with van der Waals surface area (Å²) in [7, 11) is -2.23. The Labute approximate surface area is 213 Å². The van der Waals surface area contributed by atoms with Crippen molar-refractivity contribution in [2.24, 2.45) is 0 Å². The normalized spacial score (nSPS) is 11.1. The van der Waals surface area contributed by atoms with Gasteiger partial charge in [-0.15, -0.1) is 0 Å². The van der Waals surface area contributed by atoms with E-state index in [0.29, 0.717) is 22.7 Å². The van der Waals surface area contributed by atoms with Crippen molar-refractivity contribution in [3.63, 3.8) is 0 Å². The van der Waals surface area contributed by atoms with E-state index in [1.807, 2.05) is 19.9 Å². The Morgan fingerprint density at radius 1 is 1.03 bits per heavy atom. The maximum absolute atomic E-state index is 12.9. The molecule has 0 aromatic heterocycles. The molecule has 0 radical (unpaired) electrons. The van der Waals surface area contributed by atoms with Crippen LogP contribution in [-0.2, 0) is 10.0 Å². The number of halogens is 1. The van der Waals surface area contributed by atoms with Gasteiger partial charge in [0.15, 0.2) is 5.11 Å². The molecule has 1 amide bonds. The first-order valence-electron chi connectivity index (χ1n) is 10.3. The van der Waals surface area contributed by atoms with Crippen molar-refractivity contribution in [1.82, 2.24) is 5.32 Å². The molecular formula is C24H24BrN3O4S2. The molecule has 10 heteroatoms. The summed E-state index contributed by atoms with van der Waals surface area (Å²) in [6, 6.07) is 20.1. The zero-order valence-electron chi connectivity index (χ0n) is 18.8. The van der Waals surface area contributed by atoms with Crippen LogP contribution in [0.15, 0.2) is 82.2 Å². The zero-order chi connectivity index (χ0) is 24.9. The monoisotopic (exact) mass is 561 g/mol. The van der Waals surface area contributed by atoms with Crippen LogP contribution in [0.1, 0.15) is 24.2 Å². The van der Waals surface area contributed by atoms with Crippen molar-refractivity contribution in [3.8, 4) is 5.75 Å². The molecular weight excluding hydrogens is 538 g/mol. The van der Waals surface area contributed by atoms with Crippen molar-refractivity contribution in [2.75, 3.05) is 16.7 Å². The van der Waals surface area contributed by atoms with Crippen molar-refractivity contribution >= 4 is 60.6 Å². The number of sulfonamides is 1. The highest BCUT2D eigenvalue weighted by molar-refractivity contribution is 9.10. The lowest BCUT2D eigenvalue weighted by Gasteiger charge is -2.19. The molecule has 3 aromatic carbocycles. The number of para-hydroxylation sites is 1. The van der Waals surface area contributed by atoms with Gasteiger partial charge in [-0.05, 0) is 80.7 Å². The number of hydrogen-bond acceptors (Lipinski definition) is 5. The number of amides is 1. The van der Waals surface area contributed by atoms with Crippen LogP contribution in [-0.4, -0.2) is 32.6 Å². The highest BCUT2D eigenvalue weighted by Gasteiger charge is 2.21. The molecule has 178 valence electrons. The predicted octanol–water partition coefficient (Wildman–Crippen LogP) is 5.19. The smallest absolute Gasteiger partial charge is 0.264 e. The Morgan fingerprint density at radius 3 is 2.29 bits per heavy atom. The summed E-state index contributed by atoms with van der Waals surface area (Å²) in [4.78, 5) is 12.9. The Kier molecular flexibility index (Phi) is 8.29. The lowest BCUT2D eigenvalue weighted by atomic mass is 10.2. The molecule has 2 N–H and O–H groups in total. The molecule has 0 aliphatic rings. The molecule has 0 aliphatic carbocycles. The molecule has 0 aliphatic heterocycles. The molecule has 0 heterocycles. The third-order valence-electron chi connectivity index (χ3n) is 4.67. The average molecular weight is 563 g/mol. The molecule has 0 saturated heterocycles. The van der Waals surface area contributed by atoms with Gasteiger partial charge in [0.25, 0.3) is 15.9 Å². The van der Waals surface area contributed by atoms with Crippen LogP contribution in [0.5, 0.6) is 5.75 Å². The summed E-state index contributed by atoms with van der Waals surface area (Å²) in [5.41, 5.74) is 1.42. The van der Waals surface area contributed by atoms with Crippen LogP contribution < -0.4 is 19.7 Å². The number of nitrogens with zero attached hydrogens (tertiary/aromatic N) is 1. The number of benzene rings is 3. The number of anilines is 2. The van der Waals surface area contributed by atoms with E-state index in [-0.39, 0.29) is 16.1 Å². The number of carbonyl (C=O) groups is 1. The van der Waals surface area contributed by atoms with E-state index in [1.165, 1.54) is 23.5 Å². The first-order valence-corrected chi connectivity index (χ1v) is 12.9. The van der Waals surface area contributed by atoms with Crippen LogP contribution in [0.25, 0.3) is 0 Å². The van der Waals surface area contributed by atoms with Crippen LogP contribution in [0.4, 0.5) is 11.4 Å². The minimum atomic E-state index is -3.73. The number of carbonyl (C=O) groups excluding carboxylic acids is 1. The number of thiocarbonyl (C=S) groups is 1. The summed E-state index contributed by atoms with van der Waals surface area (Å²) in [5, 5.41) is 5.59. The van der Waals surface area contributed by atoms with Crippen molar-refractivity contribution in [2.45, 2.75) is 24.8 Å². The molecule has 7 nitrogen and oxygen atoms in total. The van der Waals surface area contributed by atoms with Gasteiger partial charge >= 0.3 is 0 Å². The second kappa shape index (κ2) is 11.0. The summed E-state index contributed by atoms with van der Waals surface area (Å²) < 4.78 is 33.5. The Morgan fingerprint density at radius 2 is 1.68 bits per heavy atom. The van der Waals surface area contributed by atoms with E-state index in [2.05, 4.69) is 26.6 Å². The average Bonchev–Trinajstić information content (AvgIpc) is 2.80. The van der Waals surface area contributed by atoms with E-state index >= 15 is 0 Å². The molecule has 0 saturated carbocycles. The third-order valence-corrected chi connectivity index (χ3v) is 7.16. The fourth-order valence-corrected chi connectivity index (χ4v) is 4.78. The zero-order valence-corrected chi connectivity index (χ0v) is 22.0. The number of hydrogen-bond donors (Lipinski definition) is 2. The summed E-state index contributed by atoms with van der Waals surface area (Å²) in [6.07, 6.45) is -0.103. The van der Waals surface area contributed by atoms with Crippen LogP contribution in [0, 0.1) is 0 Å². The predicted molar refractivity (Wildman–Crippen MR) is 142 cm³/mol. The van der Waals surface area contributed by atoms with Gasteiger partial charge in [-0.25, -0.2) is 8.42 Å². The van der Waals surface area contributed by atoms with Gasteiger partial charge in [0, 0.05) is 17.2 Å². The van der Waals surface area contributed by atoms with Crippen LogP contribution >= 0.6 is 28.1 Å². The van der Waals surface area contributed by atoms with Crippen molar-refractivity contribution in [3.05, 3.63) is 82.8 Å². The fourth-order valence-electron chi connectivity index (χ4n) is 3.01. The van der Waals surface area contributed by atoms with Crippen molar-refractivity contribution < 1.29 is 17.9 Å². The largest absolute Gasteiger partial charge is 0.490 e. The molecule has 0 spiro atoms. The van der Waals surface area contributed by atoms with Gasteiger partial charge in [0.1, 0.15) is 5.75 Å². The molecule has 0 fully saturated rings. The Hall–Kier alpha value is -2.95. The Bertz CT molecular complexity index is 1280. The first-order chi connectivity index (χ1) is 16.1. The van der Waals surface area contributed by atoms with Crippen molar-refractivity contribution in [1.29, 1.82) is 0 Å². The van der Waals surface area contributed by atoms with Gasteiger partial charge in [-0.2, -0.15) is 0 Å². The summed E-state index contributed by atoms with van der Waals surface area (Å²) >= 11 is 8.63. The summed E-state index contributed by atoms with van der Waals surface area (Å²) in [5.74, 6) is 0.00808. The fraction of sp³-hybridized carbons (Fsp3) is 0.167. The van der Waals surface area contributed by atoms with Gasteiger partial charge in [0.2, 0.25) is 0 Å². The lowest BCUT2D eigenvalue weighted by molar-refractivity contribution is 0.0972. The molecule has 34 heavy (non-hydrogen) atoms. The van der Waals surface area contributed by atoms with Gasteiger partial charge in [-0.3, -0.25) is 14.4 Å². The lowest BCUT2D eigenvalue weighted by Crippen LogP contribution is -2.34. The van der Waals surface area contributed by atoms with Gasteiger partial charge < -0.3 is 10.1 Å². The maximum Gasteiger partial charge on any atom is 0.264 e. The van der Waals surface area contributed by atoms with Crippen LogP contribution in [0.3, 0.4) is 0 Å². The minimum Gasteiger partial charge on any atom is -0.490 e. The van der Waals surface area contributed by atoms with E-state index in [4.69, 9.17) is 17.0 Å². The quantitative estimate of drug-likeness (QED) is 0.386. The maximum atomic E-state index is 12.9. The highest BCUT2D eigenvalue weighted by atomic mass is 79.9. The van der Waals surface area contributed by atoms with E-state index in [1.54, 1.807) is 54.6 Å². The van der Waals surface area contributed by atoms with E-state index < -0.39 is 15.9 Å². The number of nitrogens with one attached hydrogen (secondary N) is 2. The minimum absolute atomic E-state index is 0.0671. The second-order valence-corrected chi connectivity index (χ2v) is 10.8. The first kappa shape index (κ1) is 25.7. The molecule has 0 unspecified atom stereocenters. The topological polar surface area (TPSA) is 87.7 Å². The number of ether oxygens (including phenoxy) is 1. The van der Waals surface area contributed by atoms with Gasteiger partial charge in [0.05, 0.1) is 22.3 Å². The standard InChI is InChI=1S/C24H24BrN3O4S2/c1-16(2)32-22-14-9-17(25)15-21(22)23(29)27-24(33)26-18-10-12-20(13-11-18)34(30,31)28(3)19-7-5-4-6-8-19/h4-16H,1-3H3,(H2,26,27,29,33). The molecule has 0 bridgehead atoms. The molecule has 3 aromatic rings. The SMILES string of the molecule is CC(C)Oc1ccc(Br)cc1C(=O)NC(=S)Nc1ccc(S(=O)(=O)N(C)c2ccccc2)cc1. The van der Waals surface area contributed by atoms with E-state index in [0.717, 1.165) is 4.47 Å². The highest BCUT2D eigenvalue weighted by Crippen LogP contribution is 2.25. The summed E-state index contributed by atoms with van der Waals surface area (Å²) in [6.45, 7) is 3.74. The number of rotatable bonds is 7. The van der Waals surface area contributed by atoms with Gasteiger partial charge in [-0.1, -0.05) is 34.1 Å². The molecule has 0 atom stereocenters. The molecule has 3 rings (SSSR count). The van der Waals surface area contributed by atoms with Crippen LogP contribution in [0.2, 0.25) is 0 Å². The second-order valence-electron chi connectivity index (χ2n) is 7.55.